The van der Waals surface area contributed by atoms with Crippen LogP contribution in [0.25, 0.3) is 0 Å². The maximum atomic E-state index is 14.2. The zero-order valence-corrected chi connectivity index (χ0v) is 24.5. The van der Waals surface area contributed by atoms with Crippen LogP contribution in [0, 0.1) is 29.5 Å². The number of rotatable bonds is 7. The van der Waals surface area contributed by atoms with Gasteiger partial charge in [0.1, 0.15) is 17.5 Å². The fourth-order valence-corrected chi connectivity index (χ4v) is 7.97. The van der Waals surface area contributed by atoms with Gasteiger partial charge in [0.15, 0.2) is 0 Å². The van der Waals surface area contributed by atoms with Gasteiger partial charge < -0.3 is 25.2 Å². The highest BCUT2D eigenvalue weighted by molar-refractivity contribution is 6.31. The van der Waals surface area contributed by atoms with Crippen LogP contribution in [0.2, 0.25) is 5.02 Å². The predicted octanol–water partition coefficient (Wildman–Crippen LogP) is 4.00. The molecule has 1 aliphatic carbocycles. The number of nitrogens with one attached hydrogen (secondary N) is 2. The monoisotopic (exact) mass is 586 g/mol. The molecule has 8 unspecified atom stereocenters. The number of piperidine rings is 1. The molecule has 4 fully saturated rings. The zero-order chi connectivity index (χ0) is 28.9. The van der Waals surface area contributed by atoms with Crippen LogP contribution in [-0.2, 0) is 19.1 Å². The Kier molecular flexibility index (Phi) is 7.89. The molecule has 41 heavy (non-hydrogen) atoms. The number of carbonyl (C=O) groups excluding carboxylic acids is 3. The Morgan fingerprint density at radius 1 is 1.10 bits per heavy atom. The van der Waals surface area contributed by atoms with E-state index in [-0.39, 0.29) is 22.9 Å². The Labute approximate surface area is 246 Å². The normalized spacial score (nSPS) is 36.4. The van der Waals surface area contributed by atoms with Crippen LogP contribution in [0.15, 0.2) is 30.4 Å². The van der Waals surface area contributed by atoms with Crippen LogP contribution in [0.4, 0.5) is 10.1 Å². The fraction of sp³-hybridized carbons (Fsp3) is 0.645. The summed E-state index contributed by atoms with van der Waals surface area (Å²) in [6.07, 6.45) is 9.61. The van der Waals surface area contributed by atoms with E-state index in [1.165, 1.54) is 24.6 Å². The van der Waals surface area contributed by atoms with Crippen LogP contribution >= 0.6 is 11.6 Å². The van der Waals surface area contributed by atoms with Crippen molar-refractivity contribution in [2.75, 3.05) is 31.5 Å². The molecule has 8 nitrogen and oxygen atoms in total. The van der Waals surface area contributed by atoms with Crippen LogP contribution in [-0.4, -0.2) is 77.5 Å². The summed E-state index contributed by atoms with van der Waals surface area (Å²) in [4.78, 5) is 46.0. The van der Waals surface area contributed by atoms with Gasteiger partial charge in [-0.1, -0.05) is 56.9 Å². The quantitative estimate of drug-likeness (QED) is 0.472. The minimum atomic E-state index is -1.21. The summed E-state index contributed by atoms with van der Waals surface area (Å²) < 4.78 is 20.2. The van der Waals surface area contributed by atoms with Gasteiger partial charge in [-0.3, -0.25) is 14.4 Å². The van der Waals surface area contributed by atoms with Crippen molar-refractivity contribution in [3.8, 4) is 0 Å². The largest absolute Gasteiger partial charge is 0.359 e. The zero-order valence-electron chi connectivity index (χ0n) is 23.8. The molecule has 4 heterocycles. The Hall–Kier alpha value is -2.49. The number of benzene rings is 1. The van der Waals surface area contributed by atoms with E-state index in [0.717, 1.165) is 45.2 Å². The van der Waals surface area contributed by atoms with Crippen molar-refractivity contribution in [1.82, 2.24) is 15.1 Å². The topological polar surface area (TPSA) is 91.0 Å². The Morgan fingerprint density at radius 3 is 2.63 bits per heavy atom. The minimum Gasteiger partial charge on any atom is -0.359 e. The van der Waals surface area contributed by atoms with Gasteiger partial charge in [-0.2, -0.15) is 0 Å². The number of ether oxygens (including phenoxy) is 1. The third-order valence-electron chi connectivity index (χ3n) is 10.3. The average Bonchev–Trinajstić information content (AvgIpc) is 3.60. The van der Waals surface area contributed by atoms with E-state index < -0.39 is 41.3 Å². The molecule has 4 aliphatic heterocycles. The number of amides is 3. The molecule has 2 bridgehead atoms. The van der Waals surface area contributed by atoms with Crippen LogP contribution in [0.1, 0.15) is 52.4 Å². The number of anilines is 1. The number of hydrogen-bond acceptors (Lipinski definition) is 5. The minimum absolute atomic E-state index is 0.0330. The summed E-state index contributed by atoms with van der Waals surface area (Å²) in [6, 6.07) is 3.15. The number of carbonyl (C=O) groups is 3. The molecule has 3 amide bonds. The first-order valence-corrected chi connectivity index (χ1v) is 15.5. The maximum Gasteiger partial charge on any atom is 0.246 e. The van der Waals surface area contributed by atoms with Crippen LogP contribution < -0.4 is 10.6 Å². The van der Waals surface area contributed by atoms with E-state index in [2.05, 4.69) is 29.4 Å². The summed E-state index contributed by atoms with van der Waals surface area (Å²) in [5, 5.41) is 6.00. The molecule has 1 saturated carbocycles. The van der Waals surface area contributed by atoms with E-state index in [4.69, 9.17) is 16.3 Å². The summed E-state index contributed by atoms with van der Waals surface area (Å²) >= 11 is 5.93. The lowest BCUT2D eigenvalue weighted by molar-refractivity contribution is -0.142. The molecule has 1 spiro atoms. The predicted molar refractivity (Wildman–Crippen MR) is 154 cm³/mol. The van der Waals surface area contributed by atoms with Gasteiger partial charge in [0.05, 0.1) is 23.0 Å². The van der Waals surface area contributed by atoms with E-state index >= 15 is 0 Å². The first-order valence-electron chi connectivity index (χ1n) is 15.2. The van der Waals surface area contributed by atoms with Crippen molar-refractivity contribution in [3.05, 3.63) is 41.2 Å². The second kappa shape index (κ2) is 11.3. The lowest BCUT2D eigenvalue weighted by atomic mass is 9.73. The van der Waals surface area contributed by atoms with Crippen LogP contribution in [0.3, 0.4) is 0 Å². The van der Waals surface area contributed by atoms with Crippen molar-refractivity contribution in [2.24, 2.45) is 23.7 Å². The molecule has 3 saturated heterocycles. The molecule has 1 aromatic carbocycles. The van der Waals surface area contributed by atoms with Crippen molar-refractivity contribution in [3.63, 3.8) is 0 Å². The number of hydrogen-bond donors (Lipinski definition) is 2. The highest BCUT2D eigenvalue weighted by Crippen LogP contribution is 2.55. The first-order chi connectivity index (χ1) is 19.7. The van der Waals surface area contributed by atoms with Crippen molar-refractivity contribution < 1.29 is 23.5 Å². The van der Waals surface area contributed by atoms with Crippen LogP contribution in [0.5, 0.6) is 0 Å². The number of nitrogens with zero attached hydrogens (tertiary/aromatic N) is 2. The lowest BCUT2D eigenvalue weighted by Crippen LogP contribution is -2.58. The molecule has 5 aliphatic rings. The molecule has 2 N–H and O–H groups in total. The molecule has 222 valence electrons. The first kappa shape index (κ1) is 28.6. The van der Waals surface area contributed by atoms with Gasteiger partial charge in [-0.05, 0) is 62.4 Å². The summed E-state index contributed by atoms with van der Waals surface area (Å²) in [5.41, 5.74) is -0.871. The van der Waals surface area contributed by atoms with Gasteiger partial charge in [-0.15, -0.1) is 0 Å². The van der Waals surface area contributed by atoms with Crippen molar-refractivity contribution in [1.29, 1.82) is 0 Å². The third-order valence-corrected chi connectivity index (χ3v) is 10.5. The molecular weight excluding hydrogens is 547 g/mol. The van der Waals surface area contributed by atoms with Gasteiger partial charge in [0, 0.05) is 24.8 Å². The number of likely N-dealkylation sites (tertiary alicyclic amines) is 2. The molecule has 10 heteroatoms. The summed E-state index contributed by atoms with van der Waals surface area (Å²) in [6.45, 7) is 7.44. The van der Waals surface area contributed by atoms with E-state index in [0.29, 0.717) is 30.6 Å². The number of halogens is 2. The average molecular weight is 587 g/mol. The van der Waals surface area contributed by atoms with E-state index in [1.54, 1.807) is 4.90 Å². The highest BCUT2D eigenvalue weighted by Gasteiger charge is 2.72. The molecule has 8 atom stereocenters. The third kappa shape index (κ3) is 5.08. The summed E-state index contributed by atoms with van der Waals surface area (Å²) in [7, 11) is 0. The second-order valence-corrected chi connectivity index (χ2v) is 13.0. The van der Waals surface area contributed by atoms with E-state index in [9.17, 15) is 18.8 Å². The Bertz CT molecular complexity index is 1240. The number of fused-ring (bicyclic) bond motifs is 1. The van der Waals surface area contributed by atoms with Gasteiger partial charge in [-0.25, -0.2) is 4.39 Å². The van der Waals surface area contributed by atoms with E-state index in [1.807, 2.05) is 12.2 Å². The second-order valence-electron chi connectivity index (χ2n) is 12.6. The van der Waals surface area contributed by atoms with Gasteiger partial charge in [0.25, 0.3) is 0 Å². The molecule has 1 aromatic rings. The molecule has 6 rings (SSSR count). The maximum absolute atomic E-state index is 14.2. The van der Waals surface area contributed by atoms with Gasteiger partial charge in [0.2, 0.25) is 17.7 Å². The molecular formula is C31H40ClFN4O4. The molecule has 0 radical (unpaired) electrons. The Morgan fingerprint density at radius 2 is 1.88 bits per heavy atom. The van der Waals surface area contributed by atoms with Gasteiger partial charge >= 0.3 is 0 Å². The molecule has 0 aromatic heterocycles. The standard InChI is InChI=1S/C31H40ClFN4O4/c1-18-7-6-8-23(19(18)2)35-29(39)27-31-12-11-24(41-31)25(28(38)34-20-9-10-22(33)21(32)17-20)26(31)30(40)37(27)16-15-36-13-4-3-5-14-36/h9-12,17-19,23-27H,3-8,13-16H2,1-2H3,(H,34,38)(H,35,39). The lowest BCUT2D eigenvalue weighted by Gasteiger charge is -2.38. The van der Waals surface area contributed by atoms with Crippen molar-refractivity contribution in [2.45, 2.75) is 76.2 Å². The highest BCUT2D eigenvalue weighted by atomic mass is 35.5. The smallest absolute Gasteiger partial charge is 0.246 e. The van der Waals surface area contributed by atoms with Crippen molar-refractivity contribution >= 4 is 35.0 Å². The Balaban J connectivity index is 1.27. The summed E-state index contributed by atoms with van der Waals surface area (Å²) in [5.74, 6) is -2.23. The SMILES string of the molecule is CC1CCCC(NC(=O)C2N(CCN3CCCCC3)C(=O)C3C(C(=O)Nc4ccc(F)c(Cl)c4)C4C=CC32O4)C1C. The fourth-order valence-electron chi connectivity index (χ4n) is 7.79.